The summed E-state index contributed by atoms with van der Waals surface area (Å²) < 4.78 is 5.51. The lowest BCUT2D eigenvalue weighted by atomic mass is 10.2. The Balaban J connectivity index is 1.63. The van der Waals surface area contributed by atoms with Crippen molar-refractivity contribution in [3.63, 3.8) is 0 Å². The van der Waals surface area contributed by atoms with E-state index in [2.05, 4.69) is 14.9 Å². The van der Waals surface area contributed by atoms with Gasteiger partial charge in [0.25, 0.3) is 0 Å². The summed E-state index contributed by atoms with van der Waals surface area (Å²) in [7, 11) is 0. The van der Waals surface area contributed by atoms with Crippen molar-refractivity contribution in [3.8, 4) is 11.5 Å². The van der Waals surface area contributed by atoms with Crippen LogP contribution in [0.3, 0.4) is 0 Å². The molecule has 2 heterocycles. The van der Waals surface area contributed by atoms with Gasteiger partial charge in [-0.1, -0.05) is 31.0 Å². The monoisotopic (exact) mass is 298 g/mol. The minimum Gasteiger partial charge on any atom is -0.444 e. The standard InChI is InChI=1S/C17H22N4O/c18-17(21-10-6-1-2-7-11-21)19-12-15-13-22-16(20-15)14-8-4-3-5-9-14/h3-5,8-9,13H,1-2,6-7,10-12H2,(H2,18,19). The molecule has 1 fully saturated rings. The van der Waals surface area contributed by atoms with Gasteiger partial charge in [-0.2, -0.15) is 0 Å². The third-order valence-corrected chi connectivity index (χ3v) is 3.91. The molecule has 0 aliphatic carbocycles. The van der Waals surface area contributed by atoms with Crippen molar-refractivity contribution in [2.75, 3.05) is 13.1 Å². The summed E-state index contributed by atoms with van der Waals surface area (Å²) >= 11 is 0. The molecule has 116 valence electrons. The van der Waals surface area contributed by atoms with Gasteiger partial charge in [-0.25, -0.2) is 9.98 Å². The van der Waals surface area contributed by atoms with Crippen LogP contribution in [0, 0.1) is 0 Å². The van der Waals surface area contributed by atoms with Crippen LogP contribution >= 0.6 is 0 Å². The zero-order valence-electron chi connectivity index (χ0n) is 12.7. The first-order valence-corrected chi connectivity index (χ1v) is 7.87. The third kappa shape index (κ3) is 3.67. The van der Waals surface area contributed by atoms with Crippen molar-refractivity contribution >= 4 is 5.96 Å². The van der Waals surface area contributed by atoms with Gasteiger partial charge in [-0.15, -0.1) is 0 Å². The predicted molar refractivity (Wildman–Crippen MR) is 87.3 cm³/mol. The summed E-state index contributed by atoms with van der Waals surface area (Å²) in [6.07, 6.45) is 6.61. The van der Waals surface area contributed by atoms with Crippen molar-refractivity contribution in [3.05, 3.63) is 42.3 Å². The van der Waals surface area contributed by atoms with Gasteiger partial charge in [0.05, 0.1) is 6.54 Å². The van der Waals surface area contributed by atoms with E-state index in [-0.39, 0.29) is 0 Å². The molecule has 0 atom stereocenters. The first kappa shape index (κ1) is 14.6. The molecule has 2 N–H and O–H groups in total. The normalized spacial score (nSPS) is 16.5. The van der Waals surface area contributed by atoms with Crippen LogP contribution in [0.1, 0.15) is 31.4 Å². The number of nitrogens with zero attached hydrogens (tertiary/aromatic N) is 3. The number of benzene rings is 1. The Morgan fingerprint density at radius 1 is 1.14 bits per heavy atom. The van der Waals surface area contributed by atoms with Crippen LogP contribution in [0.2, 0.25) is 0 Å². The number of oxazole rings is 1. The lowest BCUT2D eigenvalue weighted by molar-refractivity contribution is 0.428. The molecule has 1 aliphatic rings. The van der Waals surface area contributed by atoms with Gasteiger partial charge < -0.3 is 15.1 Å². The average Bonchev–Trinajstić information content (AvgIpc) is 2.87. The zero-order valence-corrected chi connectivity index (χ0v) is 12.7. The topological polar surface area (TPSA) is 67.6 Å². The summed E-state index contributed by atoms with van der Waals surface area (Å²) in [5.41, 5.74) is 7.87. The van der Waals surface area contributed by atoms with Crippen LogP contribution in [0.5, 0.6) is 0 Å². The first-order chi connectivity index (χ1) is 10.8. The molecule has 1 saturated heterocycles. The number of nitrogens with two attached hydrogens (primary N) is 1. The predicted octanol–water partition coefficient (Wildman–Crippen LogP) is 3.03. The number of guanidine groups is 1. The van der Waals surface area contributed by atoms with E-state index in [4.69, 9.17) is 10.2 Å². The Morgan fingerprint density at radius 3 is 2.59 bits per heavy atom. The molecule has 1 aromatic heterocycles. The molecule has 2 aromatic rings. The van der Waals surface area contributed by atoms with Crippen LogP contribution in [0.15, 0.2) is 46.0 Å². The van der Waals surface area contributed by atoms with Crippen molar-refractivity contribution in [2.45, 2.75) is 32.2 Å². The molecule has 22 heavy (non-hydrogen) atoms. The Kier molecular flexibility index (Phi) is 4.73. The van der Waals surface area contributed by atoms with E-state index in [1.54, 1.807) is 6.26 Å². The number of aromatic nitrogens is 1. The van der Waals surface area contributed by atoms with Gasteiger partial charge in [0.1, 0.15) is 12.0 Å². The highest BCUT2D eigenvalue weighted by Crippen LogP contribution is 2.18. The molecule has 1 aliphatic heterocycles. The van der Waals surface area contributed by atoms with Crippen LogP contribution in [0.25, 0.3) is 11.5 Å². The Hall–Kier alpha value is -2.30. The zero-order chi connectivity index (χ0) is 15.2. The number of rotatable bonds is 3. The van der Waals surface area contributed by atoms with Crippen LogP contribution in [-0.2, 0) is 6.54 Å². The summed E-state index contributed by atoms with van der Waals surface area (Å²) in [4.78, 5) is 11.1. The highest BCUT2D eigenvalue weighted by molar-refractivity contribution is 5.78. The average molecular weight is 298 g/mol. The van der Waals surface area contributed by atoms with E-state index in [0.717, 1.165) is 24.3 Å². The number of hydrogen-bond acceptors (Lipinski definition) is 3. The van der Waals surface area contributed by atoms with Crippen LogP contribution in [0.4, 0.5) is 0 Å². The van der Waals surface area contributed by atoms with Gasteiger partial charge >= 0.3 is 0 Å². The lowest BCUT2D eigenvalue weighted by Crippen LogP contribution is -2.38. The smallest absolute Gasteiger partial charge is 0.226 e. The maximum atomic E-state index is 6.10. The highest BCUT2D eigenvalue weighted by Gasteiger charge is 2.11. The largest absolute Gasteiger partial charge is 0.444 e. The lowest BCUT2D eigenvalue weighted by Gasteiger charge is -2.20. The second-order valence-electron chi connectivity index (χ2n) is 5.59. The van der Waals surface area contributed by atoms with Gasteiger partial charge in [0.2, 0.25) is 5.89 Å². The Labute approximate surface area is 130 Å². The van der Waals surface area contributed by atoms with E-state index >= 15 is 0 Å². The molecule has 0 saturated carbocycles. The Bertz CT molecular complexity index is 613. The summed E-state index contributed by atoms with van der Waals surface area (Å²) in [6.45, 7) is 2.46. The molecule has 1 aromatic carbocycles. The third-order valence-electron chi connectivity index (χ3n) is 3.91. The first-order valence-electron chi connectivity index (χ1n) is 7.87. The van der Waals surface area contributed by atoms with Gasteiger partial charge in [-0.05, 0) is 25.0 Å². The molecule has 0 bridgehead atoms. The van der Waals surface area contributed by atoms with Gasteiger partial charge in [0, 0.05) is 18.7 Å². The molecule has 0 radical (unpaired) electrons. The molecule has 0 spiro atoms. The molecule has 0 unspecified atom stereocenters. The fourth-order valence-electron chi connectivity index (χ4n) is 2.65. The van der Waals surface area contributed by atoms with Crippen molar-refractivity contribution in [2.24, 2.45) is 10.7 Å². The second-order valence-corrected chi connectivity index (χ2v) is 5.59. The van der Waals surface area contributed by atoms with E-state index in [1.807, 2.05) is 30.3 Å². The maximum Gasteiger partial charge on any atom is 0.226 e. The SMILES string of the molecule is NC(=NCc1coc(-c2ccccc2)n1)N1CCCCCC1. The van der Waals surface area contributed by atoms with E-state index in [1.165, 1.54) is 25.7 Å². The Morgan fingerprint density at radius 2 is 1.86 bits per heavy atom. The van der Waals surface area contributed by atoms with Crippen molar-refractivity contribution < 1.29 is 4.42 Å². The maximum absolute atomic E-state index is 6.10. The number of likely N-dealkylation sites (tertiary alicyclic amines) is 1. The van der Waals surface area contributed by atoms with Gasteiger partial charge in [-0.3, -0.25) is 0 Å². The highest BCUT2D eigenvalue weighted by atomic mass is 16.3. The van der Waals surface area contributed by atoms with E-state index < -0.39 is 0 Å². The van der Waals surface area contributed by atoms with Crippen molar-refractivity contribution in [1.82, 2.24) is 9.88 Å². The minimum atomic E-state index is 0.457. The van der Waals surface area contributed by atoms with Gasteiger partial charge in [0.15, 0.2) is 5.96 Å². The summed E-state index contributed by atoms with van der Waals surface area (Å²) in [5, 5.41) is 0. The van der Waals surface area contributed by atoms with E-state index in [9.17, 15) is 0 Å². The fourth-order valence-corrected chi connectivity index (χ4v) is 2.65. The molecular formula is C17H22N4O. The number of hydrogen-bond donors (Lipinski definition) is 1. The number of aliphatic imine (C=N–C) groups is 1. The minimum absolute atomic E-state index is 0.457. The second kappa shape index (κ2) is 7.11. The molecule has 5 heteroatoms. The molecule has 0 amide bonds. The molecule has 5 nitrogen and oxygen atoms in total. The fraction of sp³-hybridized carbons (Fsp3) is 0.412. The van der Waals surface area contributed by atoms with E-state index in [0.29, 0.717) is 18.4 Å². The van der Waals surface area contributed by atoms with Crippen LogP contribution < -0.4 is 5.73 Å². The molecule has 3 rings (SSSR count). The summed E-state index contributed by atoms with van der Waals surface area (Å²) in [6, 6.07) is 9.86. The molecular weight excluding hydrogens is 276 g/mol. The van der Waals surface area contributed by atoms with Crippen LogP contribution in [-0.4, -0.2) is 28.9 Å². The van der Waals surface area contributed by atoms with Crippen molar-refractivity contribution in [1.29, 1.82) is 0 Å². The quantitative estimate of drug-likeness (QED) is 0.698. The summed E-state index contributed by atoms with van der Waals surface area (Å²) in [5.74, 6) is 1.24.